The third kappa shape index (κ3) is 3.04. The molecule has 6 heteroatoms. The van der Waals surface area contributed by atoms with Gasteiger partial charge >= 0.3 is 0 Å². The maximum absolute atomic E-state index is 13.5. The highest BCUT2D eigenvalue weighted by Gasteiger charge is 2.40. The average Bonchev–Trinajstić information content (AvgIpc) is 2.25. The van der Waals surface area contributed by atoms with E-state index in [4.69, 9.17) is 5.73 Å². The van der Waals surface area contributed by atoms with Gasteiger partial charge in [-0.05, 0) is 38.3 Å². The fourth-order valence-electron chi connectivity index (χ4n) is 2.12. The van der Waals surface area contributed by atoms with E-state index >= 15 is 0 Å². The van der Waals surface area contributed by atoms with E-state index in [-0.39, 0.29) is 23.9 Å². The molecular formula is C13H17ClF2N2O. The molecule has 0 spiro atoms. The lowest BCUT2D eigenvalue weighted by Gasteiger charge is -2.37. The molecule has 0 aliphatic heterocycles. The van der Waals surface area contributed by atoms with Crippen LogP contribution in [0.3, 0.4) is 0 Å². The Morgan fingerprint density at radius 1 is 1.37 bits per heavy atom. The topological polar surface area (TPSA) is 55.1 Å². The number of halogens is 3. The van der Waals surface area contributed by atoms with Crippen molar-refractivity contribution in [1.82, 2.24) is 5.32 Å². The van der Waals surface area contributed by atoms with E-state index in [1.165, 1.54) is 18.2 Å². The van der Waals surface area contributed by atoms with Gasteiger partial charge in [-0.25, -0.2) is 8.78 Å². The number of rotatable bonds is 3. The van der Waals surface area contributed by atoms with Crippen molar-refractivity contribution in [1.29, 1.82) is 0 Å². The van der Waals surface area contributed by atoms with Crippen molar-refractivity contribution in [3.05, 3.63) is 35.4 Å². The van der Waals surface area contributed by atoms with Gasteiger partial charge in [-0.15, -0.1) is 12.4 Å². The second kappa shape index (κ2) is 5.84. The van der Waals surface area contributed by atoms with Crippen LogP contribution in [0.5, 0.6) is 0 Å². The first-order chi connectivity index (χ1) is 8.44. The summed E-state index contributed by atoms with van der Waals surface area (Å²) in [6, 6.07) is 2.89. The Morgan fingerprint density at radius 2 is 1.89 bits per heavy atom. The van der Waals surface area contributed by atoms with Crippen LogP contribution in [-0.4, -0.2) is 11.4 Å². The van der Waals surface area contributed by atoms with Crippen LogP contribution in [-0.2, 0) is 4.79 Å². The van der Waals surface area contributed by atoms with E-state index in [1.807, 2.05) is 0 Å². The molecule has 1 unspecified atom stereocenters. The molecule has 19 heavy (non-hydrogen) atoms. The number of nitrogens with two attached hydrogens (primary N) is 1. The van der Waals surface area contributed by atoms with Gasteiger partial charge in [0, 0.05) is 5.56 Å². The van der Waals surface area contributed by atoms with Crippen molar-refractivity contribution in [3.8, 4) is 0 Å². The summed E-state index contributed by atoms with van der Waals surface area (Å²) >= 11 is 0. The molecule has 1 aliphatic carbocycles. The summed E-state index contributed by atoms with van der Waals surface area (Å²) in [5, 5.41) is 2.58. The van der Waals surface area contributed by atoms with Crippen molar-refractivity contribution in [2.75, 3.05) is 0 Å². The number of nitrogens with one attached hydrogen (secondary N) is 1. The molecule has 3 nitrogen and oxygen atoms in total. The SMILES string of the molecule is CC(NC(=O)C1(N)CCC1)c1c(F)cccc1F.Cl. The number of amides is 1. The number of hydrogen-bond acceptors (Lipinski definition) is 2. The van der Waals surface area contributed by atoms with Gasteiger partial charge in [-0.3, -0.25) is 4.79 Å². The third-order valence-corrected chi connectivity index (χ3v) is 3.48. The first-order valence-electron chi connectivity index (χ1n) is 5.98. The largest absolute Gasteiger partial charge is 0.348 e. The van der Waals surface area contributed by atoms with E-state index in [0.29, 0.717) is 12.8 Å². The molecule has 106 valence electrons. The second-order valence-electron chi connectivity index (χ2n) is 4.84. The van der Waals surface area contributed by atoms with Gasteiger partial charge in [-0.2, -0.15) is 0 Å². The zero-order chi connectivity index (χ0) is 13.3. The predicted octanol–water partition coefficient (Wildman–Crippen LogP) is 2.45. The van der Waals surface area contributed by atoms with E-state index in [2.05, 4.69) is 5.32 Å². The first kappa shape index (κ1) is 15.9. The normalized spacial score (nSPS) is 17.9. The van der Waals surface area contributed by atoms with Gasteiger partial charge in [0.05, 0.1) is 11.6 Å². The third-order valence-electron chi connectivity index (χ3n) is 3.48. The fourth-order valence-corrected chi connectivity index (χ4v) is 2.12. The van der Waals surface area contributed by atoms with Crippen molar-refractivity contribution in [2.24, 2.45) is 5.73 Å². The van der Waals surface area contributed by atoms with Gasteiger partial charge in [0.1, 0.15) is 11.6 Å². The van der Waals surface area contributed by atoms with Crippen LogP contribution in [0.4, 0.5) is 8.78 Å². The summed E-state index contributed by atoms with van der Waals surface area (Å²) in [7, 11) is 0. The minimum atomic E-state index is -0.865. The molecule has 0 heterocycles. The number of hydrogen-bond donors (Lipinski definition) is 2. The molecule has 1 atom stereocenters. The highest BCUT2D eigenvalue weighted by molar-refractivity contribution is 5.87. The molecule has 1 aromatic rings. The standard InChI is InChI=1S/C13H16F2N2O.ClH/c1-8(11-9(14)4-2-5-10(11)15)17-12(18)13(16)6-3-7-13;/h2,4-5,8H,3,6-7,16H2,1H3,(H,17,18);1H. The van der Waals surface area contributed by atoms with E-state index in [9.17, 15) is 13.6 Å². The van der Waals surface area contributed by atoms with Crippen LogP contribution in [0.15, 0.2) is 18.2 Å². The van der Waals surface area contributed by atoms with E-state index < -0.39 is 23.2 Å². The van der Waals surface area contributed by atoms with E-state index in [0.717, 1.165) is 6.42 Å². The molecule has 0 aromatic heterocycles. The molecule has 0 bridgehead atoms. The molecule has 0 radical (unpaired) electrons. The van der Waals surface area contributed by atoms with Crippen LogP contribution < -0.4 is 11.1 Å². The molecule has 1 saturated carbocycles. The van der Waals surface area contributed by atoms with Crippen LogP contribution in [0.2, 0.25) is 0 Å². The highest BCUT2D eigenvalue weighted by atomic mass is 35.5. The summed E-state index contributed by atoms with van der Waals surface area (Å²) in [4.78, 5) is 11.9. The minimum absolute atomic E-state index is 0. The van der Waals surface area contributed by atoms with Gasteiger partial charge < -0.3 is 11.1 Å². The van der Waals surface area contributed by atoms with Crippen LogP contribution in [0.1, 0.15) is 37.8 Å². The first-order valence-corrected chi connectivity index (χ1v) is 5.98. The molecule has 0 saturated heterocycles. The van der Waals surface area contributed by atoms with Crippen molar-refractivity contribution < 1.29 is 13.6 Å². The summed E-state index contributed by atoms with van der Waals surface area (Å²) in [6.07, 6.45) is 2.14. The Morgan fingerprint density at radius 3 is 2.32 bits per heavy atom. The molecule has 1 aromatic carbocycles. The maximum atomic E-state index is 13.5. The summed E-state index contributed by atoms with van der Waals surface area (Å²) in [5.41, 5.74) is 4.85. The Labute approximate surface area is 117 Å². The van der Waals surface area contributed by atoms with Crippen LogP contribution in [0.25, 0.3) is 0 Å². The molecule has 1 aliphatic rings. The van der Waals surface area contributed by atoms with Gasteiger partial charge in [-0.1, -0.05) is 6.07 Å². The average molecular weight is 291 g/mol. The Hall–Kier alpha value is -1.20. The molecule has 1 fully saturated rings. The molecule has 3 N–H and O–H groups in total. The quantitative estimate of drug-likeness (QED) is 0.898. The Kier molecular flexibility index (Phi) is 4.87. The fraction of sp³-hybridized carbons (Fsp3) is 0.462. The lowest BCUT2D eigenvalue weighted by atomic mass is 9.77. The zero-order valence-electron chi connectivity index (χ0n) is 10.6. The lowest BCUT2D eigenvalue weighted by Crippen LogP contribution is -2.58. The highest BCUT2D eigenvalue weighted by Crippen LogP contribution is 2.30. The Balaban J connectivity index is 0.00000180. The smallest absolute Gasteiger partial charge is 0.240 e. The van der Waals surface area contributed by atoms with Crippen molar-refractivity contribution >= 4 is 18.3 Å². The zero-order valence-corrected chi connectivity index (χ0v) is 11.4. The minimum Gasteiger partial charge on any atom is -0.348 e. The van der Waals surface area contributed by atoms with Gasteiger partial charge in [0.25, 0.3) is 0 Å². The number of benzene rings is 1. The molecular weight excluding hydrogens is 274 g/mol. The molecule has 2 rings (SSSR count). The van der Waals surface area contributed by atoms with Crippen LogP contribution in [0, 0.1) is 11.6 Å². The van der Waals surface area contributed by atoms with Crippen molar-refractivity contribution in [3.63, 3.8) is 0 Å². The lowest BCUT2D eigenvalue weighted by molar-refractivity contribution is -0.129. The number of carbonyl (C=O) groups is 1. The van der Waals surface area contributed by atoms with Crippen molar-refractivity contribution in [2.45, 2.75) is 37.8 Å². The number of carbonyl (C=O) groups excluding carboxylic acids is 1. The maximum Gasteiger partial charge on any atom is 0.240 e. The molecule has 1 amide bonds. The van der Waals surface area contributed by atoms with Gasteiger partial charge in [0.2, 0.25) is 5.91 Å². The Bertz CT molecular complexity index is 457. The second-order valence-corrected chi connectivity index (χ2v) is 4.84. The van der Waals surface area contributed by atoms with Crippen LogP contribution >= 0.6 is 12.4 Å². The van der Waals surface area contributed by atoms with E-state index in [1.54, 1.807) is 6.92 Å². The monoisotopic (exact) mass is 290 g/mol. The van der Waals surface area contributed by atoms with Gasteiger partial charge in [0.15, 0.2) is 0 Å². The summed E-state index contributed by atoms with van der Waals surface area (Å²) in [6.45, 7) is 1.54. The predicted molar refractivity (Wildman–Crippen MR) is 70.9 cm³/mol. The summed E-state index contributed by atoms with van der Waals surface area (Å²) < 4.78 is 27.0. The summed E-state index contributed by atoms with van der Waals surface area (Å²) in [5.74, 6) is -1.67.